The zero-order valence-electron chi connectivity index (χ0n) is 14.4. The van der Waals surface area contributed by atoms with Gasteiger partial charge < -0.3 is 11.1 Å². The lowest BCUT2D eigenvalue weighted by Gasteiger charge is -2.30. The summed E-state index contributed by atoms with van der Waals surface area (Å²) in [6.07, 6.45) is 3.11. The van der Waals surface area contributed by atoms with Crippen LogP contribution in [0.4, 0.5) is 4.39 Å². The number of piperidine rings is 1. The minimum atomic E-state index is -3.86. The third kappa shape index (κ3) is 4.73. The summed E-state index contributed by atoms with van der Waals surface area (Å²) in [5.74, 6) is -0.526. The van der Waals surface area contributed by atoms with E-state index in [4.69, 9.17) is 5.73 Å². The highest BCUT2D eigenvalue weighted by atomic mass is 35.5. The number of nitrogens with two attached hydrogens (primary N) is 1. The predicted octanol–water partition coefficient (Wildman–Crippen LogP) is 1.50. The molecule has 3 N–H and O–H groups in total. The van der Waals surface area contributed by atoms with Crippen LogP contribution in [0.15, 0.2) is 29.2 Å². The number of hydrogen-bond acceptors (Lipinski definition) is 4. The summed E-state index contributed by atoms with van der Waals surface area (Å²) < 4.78 is 40.2. The topological polar surface area (TPSA) is 92.5 Å². The van der Waals surface area contributed by atoms with Crippen molar-refractivity contribution < 1.29 is 17.6 Å². The average Bonchev–Trinajstić information content (AvgIpc) is 3.45. The van der Waals surface area contributed by atoms with E-state index in [9.17, 15) is 17.6 Å². The van der Waals surface area contributed by atoms with Gasteiger partial charge in [0, 0.05) is 31.6 Å². The quantitative estimate of drug-likeness (QED) is 0.750. The number of carbonyl (C=O) groups excluding carboxylic acids is 1. The molecule has 3 rings (SSSR count). The molecule has 1 aromatic rings. The Labute approximate surface area is 159 Å². The van der Waals surface area contributed by atoms with Gasteiger partial charge in [0.2, 0.25) is 15.9 Å². The molecule has 0 bridgehead atoms. The summed E-state index contributed by atoms with van der Waals surface area (Å²) >= 11 is 0. The summed E-state index contributed by atoms with van der Waals surface area (Å²) in [6, 6.07) is 5.36. The first-order valence-corrected chi connectivity index (χ1v) is 10.1. The second-order valence-electron chi connectivity index (χ2n) is 6.86. The molecule has 0 aromatic heterocycles. The summed E-state index contributed by atoms with van der Waals surface area (Å²) in [5.41, 5.74) is 5.98. The molecule has 1 aliphatic carbocycles. The largest absolute Gasteiger partial charge is 0.354 e. The molecule has 1 amide bonds. The van der Waals surface area contributed by atoms with E-state index in [1.54, 1.807) is 0 Å². The summed E-state index contributed by atoms with van der Waals surface area (Å²) in [4.78, 5) is 11.9. The van der Waals surface area contributed by atoms with E-state index in [1.165, 1.54) is 22.5 Å². The highest BCUT2D eigenvalue weighted by molar-refractivity contribution is 7.89. The molecular formula is C17H25ClFN3O3S. The highest BCUT2D eigenvalue weighted by Crippen LogP contribution is 2.31. The molecule has 1 saturated heterocycles. The van der Waals surface area contributed by atoms with E-state index < -0.39 is 15.8 Å². The fourth-order valence-electron chi connectivity index (χ4n) is 3.21. The van der Waals surface area contributed by atoms with E-state index in [2.05, 4.69) is 5.32 Å². The van der Waals surface area contributed by atoms with Crippen LogP contribution in [0, 0.1) is 17.7 Å². The average molecular weight is 406 g/mol. The molecule has 1 unspecified atom stereocenters. The maximum atomic E-state index is 13.8. The van der Waals surface area contributed by atoms with Crippen molar-refractivity contribution in [2.75, 3.05) is 19.6 Å². The van der Waals surface area contributed by atoms with Crippen molar-refractivity contribution in [1.82, 2.24) is 9.62 Å². The molecule has 2 aliphatic rings. The van der Waals surface area contributed by atoms with Gasteiger partial charge in [-0.25, -0.2) is 12.8 Å². The maximum absolute atomic E-state index is 13.8. The Morgan fingerprint density at radius 1 is 1.23 bits per heavy atom. The molecule has 0 radical (unpaired) electrons. The Balaban J connectivity index is 0.00000243. The van der Waals surface area contributed by atoms with Crippen molar-refractivity contribution in [2.45, 2.75) is 36.6 Å². The smallest absolute Gasteiger partial charge is 0.245 e. The van der Waals surface area contributed by atoms with Gasteiger partial charge in [-0.05, 0) is 43.7 Å². The van der Waals surface area contributed by atoms with Crippen molar-refractivity contribution in [3.63, 3.8) is 0 Å². The number of hydrogen-bond donors (Lipinski definition) is 2. The molecule has 6 nitrogen and oxygen atoms in total. The molecule has 1 aliphatic heterocycles. The minimum Gasteiger partial charge on any atom is -0.354 e. The maximum Gasteiger partial charge on any atom is 0.245 e. The molecule has 1 atom stereocenters. The van der Waals surface area contributed by atoms with Gasteiger partial charge in [0.05, 0.1) is 0 Å². The summed E-state index contributed by atoms with van der Waals surface area (Å²) in [6.45, 7) is 0.893. The van der Waals surface area contributed by atoms with Crippen molar-refractivity contribution in [3.8, 4) is 0 Å². The van der Waals surface area contributed by atoms with Crippen LogP contribution in [0.2, 0.25) is 0 Å². The van der Waals surface area contributed by atoms with E-state index >= 15 is 0 Å². The van der Waals surface area contributed by atoms with Crippen LogP contribution >= 0.6 is 12.4 Å². The van der Waals surface area contributed by atoms with E-state index in [1.807, 2.05) is 0 Å². The number of halogens is 2. The molecule has 9 heteroatoms. The third-order valence-electron chi connectivity index (χ3n) is 5.02. The second kappa shape index (κ2) is 8.65. The van der Waals surface area contributed by atoms with Crippen LogP contribution in [0.1, 0.15) is 25.7 Å². The molecule has 0 spiro atoms. The van der Waals surface area contributed by atoms with Gasteiger partial charge in [0.25, 0.3) is 0 Å². The van der Waals surface area contributed by atoms with Gasteiger partial charge in [-0.15, -0.1) is 12.4 Å². The van der Waals surface area contributed by atoms with Crippen molar-refractivity contribution >= 4 is 28.3 Å². The minimum absolute atomic E-state index is 0. The van der Waals surface area contributed by atoms with Crippen molar-refractivity contribution in [3.05, 3.63) is 30.1 Å². The van der Waals surface area contributed by atoms with Crippen molar-refractivity contribution in [1.29, 1.82) is 0 Å². The SMILES string of the molecule is Cl.NC(CNC(=O)C1CCN(S(=O)(=O)c2ccccc2F)CC1)C1CC1. The zero-order valence-corrected chi connectivity index (χ0v) is 16.1. The summed E-state index contributed by atoms with van der Waals surface area (Å²) in [5, 5.41) is 2.88. The lowest BCUT2D eigenvalue weighted by molar-refractivity contribution is -0.126. The number of carbonyl (C=O) groups is 1. The number of benzene rings is 1. The first-order chi connectivity index (χ1) is 11.9. The standard InChI is InChI=1S/C17H24FN3O3S.ClH/c18-14-3-1-2-4-16(14)25(23,24)21-9-7-13(8-10-21)17(22)20-11-15(19)12-5-6-12;/h1-4,12-13,15H,5-11,19H2,(H,20,22);1H. The van der Waals surface area contributed by atoms with Crippen LogP contribution in [-0.4, -0.2) is 44.3 Å². The van der Waals surface area contributed by atoms with Gasteiger partial charge in [-0.3, -0.25) is 4.79 Å². The Kier molecular flexibility index (Phi) is 7.01. The zero-order chi connectivity index (χ0) is 18.0. The number of nitrogens with zero attached hydrogens (tertiary/aromatic N) is 1. The second-order valence-corrected chi connectivity index (χ2v) is 8.76. The molecule has 1 heterocycles. The number of sulfonamides is 1. The fraction of sp³-hybridized carbons (Fsp3) is 0.588. The van der Waals surface area contributed by atoms with Gasteiger partial charge in [-0.1, -0.05) is 12.1 Å². The summed E-state index contributed by atoms with van der Waals surface area (Å²) in [7, 11) is -3.86. The molecule has 26 heavy (non-hydrogen) atoms. The van der Waals surface area contributed by atoms with E-state index in [0.29, 0.717) is 25.3 Å². The predicted molar refractivity (Wildman–Crippen MR) is 98.8 cm³/mol. The van der Waals surface area contributed by atoms with Crippen molar-refractivity contribution in [2.24, 2.45) is 17.6 Å². The molecule has 146 valence electrons. The van der Waals surface area contributed by atoms with Crippen LogP contribution in [0.25, 0.3) is 0 Å². The van der Waals surface area contributed by atoms with Crippen LogP contribution in [-0.2, 0) is 14.8 Å². The molecule has 1 aromatic carbocycles. The Morgan fingerprint density at radius 3 is 2.42 bits per heavy atom. The van der Waals surface area contributed by atoms with Gasteiger partial charge in [0.15, 0.2) is 0 Å². The first-order valence-electron chi connectivity index (χ1n) is 8.67. The van der Waals surface area contributed by atoms with Gasteiger partial charge >= 0.3 is 0 Å². The number of amides is 1. The monoisotopic (exact) mass is 405 g/mol. The lowest BCUT2D eigenvalue weighted by Crippen LogP contribution is -2.45. The first kappa shape index (κ1) is 21.1. The van der Waals surface area contributed by atoms with Gasteiger partial charge in [0.1, 0.15) is 10.7 Å². The number of nitrogens with one attached hydrogen (secondary N) is 1. The fourth-order valence-corrected chi connectivity index (χ4v) is 4.74. The molecular weight excluding hydrogens is 381 g/mol. The normalized spacial score (nSPS) is 20.2. The Bertz CT molecular complexity index is 735. The van der Waals surface area contributed by atoms with E-state index in [0.717, 1.165) is 18.9 Å². The molecule has 2 fully saturated rings. The van der Waals surface area contributed by atoms with Crippen LogP contribution < -0.4 is 11.1 Å². The number of rotatable bonds is 6. The van der Waals surface area contributed by atoms with Crippen LogP contribution in [0.5, 0.6) is 0 Å². The lowest BCUT2D eigenvalue weighted by atomic mass is 9.97. The van der Waals surface area contributed by atoms with Gasteiger partial charge in [-0.2, -0.15) is 4.31 Å². The van der Waals surface area contributed by atoms with E-state index in [-0.39, 0.29) is 48.3 Å². The molecule has 1 saturated carbocycles. The highest BCUT2D eigenvalue weighted by Gasteiger charge is 2.34. The Morgan fingerprint density at radius 2 is 1.85 bits per heavy atom. The Hall–Kier alpha value is -1.22. The third-order valence-corrected chi connectivity index (χ3v) is 6.95. The van der Waals surface area contributed by atoms with Crippen LogP contribution in [0.3, 0.4) is 0 Å².